The third-order valence-electron chi connectivity index (χ3n) is 2.12. The first-order valence-electron chi connectivity index (χ1n) is 4.91. The van der Waals surface area contributed by atoms with E-state index in [2.05, 4.69) is 10.3 Å². The molecule has 0 saturated heterocycles. The summed E-state index contributed by atoms with van der Waals surface area (Å²) in [6, 6.07) is 11.5. The molecule has 0 saturated carbocycles. The van der Waals surface area contributed by atoms with Gasteiger partial charge >= 0.3 is 6.18 Å². The monoisotopic (exact) mass is 238 g/mol. The molecule has 2 aromatic rings. The van der Waals surface area contributed by atoms with E-state index in [0.29, 0.717) is 5.69 Å². The molecule has 0 radical (unpaired) electrons. The van der Waals surface area contributed by atoms with Gasteiger partial charge in [-0.2, -0.15) is 13.2 Å². The van der Waals surface area contributed by atoms with E-state index in [9.17, 15) is 13.2 Å². The summed E-state index contributed by atoms with van der Waals surface area (Å²) in [5.74, 6) is 0. The van der Waals surface area contributed by atoms with Crippen molar-refractivity contribution in [3.8, 4) is 0 Å². The van der Waals surface area contributed by atoms with Gasteiger partial charge in [-0.05, 0) is 24.3 Å². The Kier molecular flexibility index (Phi) is 2.99. The quantitative estimate of drug-likeness (QED) is 0.859. The van der Waals surface area contributed by atoms with Crippen LogP contribution in [0.5, 0.6) is 0 Å². The van der Waals surface area contributed by atoms with Crippen molar-refractivity contribution in [3.05, 3.63) is 54.4 Å². The first-order chi connectivity index (χ1) is 8.05. The van der Waals surface area contributed by atoms with E-state index in [1.807, 2.05) is 30.3 Å². The largest absolute Gasteiger partial charge is 0.433 e. The highest BCUT2D eigenvalue weighted by atomic mass is 19.4. The van der Waals surface area contributed by atoms with E-state index in [4.69, 9.17) is 0 Å². The molecule has 0 fully saturated rings. The van der Waals surface area contributed by atoms with Crippen LogP contribution in [0.15, 0.2) is 48.7 Å². The number of pyridine rings is 1. The molecule has 1 aromatic carbocycles. The topological polar surface area (TPSA) is 24.9 Å². The minimum absolute atomic E-state index is 0.518. The number of nitrogens with one attached hydrogen (secondary N) is 1. The number of hydrogen-bond donors (Lipinski definition) is 1. The molecule has 1 aromatic heterocycles. The summed E-state index contributed by atoms with van der Waals surface area (Å²) in [5, 5.41) is 2.95. The summed E-state index contributed by atoms with van der Waals surface area (Å²) in [6.45, 7) is 0. The lowest BCUT2D eigenvalue weighted by molar-refractivity contribution is -0.141. The van der Waals surface area contributed by atoms with Gasteiger partial charge in [-0.15, -0.1) is 0 Å². The molecule has 2 nitrogen and oxygen atoms in total. The molecule has 0 bridgehead atoms. The zero-order valence-electron chi connectivity index (χ0n) is 8.70. The Hall–Kier alpha value is -2.04. The molecule has 88 valence electrons. The summed E-state index contributed by atoms with van der Waals surface area (Å²) >= 11 is 0. The van der Waals surface area contributed by atoms with Gasteiger partial charge in [0.2, 0.25) is 0 Å². The molecular formula is C12H9F3N2. The molecule has 1 heterocycles. The van der Waals surface area contributed by atoms with Crippen LogP contribution >= 0.6 is 0 Å². The fourth-order valence-corrected chi connectivity index (χ4v) is 1.32. The third kappa shape index (κ3) is 2.96. The number of aromatic nitrogens is 1. The molecule has 0 spiro atoms. The molecular weight excluding hydrogens is 229 g/mol. The van der Waals surface area contributed by atoms with Crippen molar-refractivity contribution in [2.45, 2.75) is 6.18 Å². The summed E-state index contributed by atoms with van der Waals surface area (Å²) in [6.07, 6.45) is -3.24. The molecule has 0 aliphatic carbocycles. The molecule has 5 heteroatoms. The summed E-state index contributed by atoms with van der Waals surface area (Å²) < 4.78 is 36.8. The predicted octanol–water partition coefficient (Wildman–Crippen LogP) is 3.84. The SMILES string of the molecule is FC(F)(F)c1ccc(Nc2ccccc2)cn1. The third-order valence-corrected chi connectivity index (χ3v) is 2.12. The van der Waals surface area contributed by atoms with E-state index >= 15 is 0 Å². The number of para-hydroxylation sites is 1. The van der Waals surface area contributed by atoms with Crippen molar-refractivity contribution < 1.29 is 13.2 Å². The molecule has 2 rings (SSSR count). The van der Waals surface area contributed by atoms with Crippen LogP contribution in [0, 0.1) is 0 Å². The lowest BCUT2D eigenvalue weighted by Gasteiger charge is -2.08. The van der Waals surface area contributed by atoms with Crippen LogP contribution in [0.3, 0.4) is 0 Å². The molecule has 0 aliphatic rings. The van der Waals surface area contributed by atoms with Crippen molar-refractivity contribution in [1.29, 1.82) is 0 Å². The predicted molar refractivity (Wildman–Crippen MR) is 59.0 cm³/mol. The summed E-state index contributed by atoms with van der Waals surface area (Å²) in [4.78, 5) is 3.36. The van der Waals surface area contributed by atoms with E-state index in [-0.39, 0.29) is 0 Å². The summed E-state index contributed by atoms with van der Waals surface area (Å²) in [7, 11) is 0. The molecule has 1 N–H and O–H groups in total. The zero-order valence-corrected chi connectivity index (χ0v) is 8.70. The Labute approximate surface area is 96.1 Å². The normalized spacial score (nSPS) is 11.2. The van der Waals surface area contributed by atoms with Gasteiger partial charge in [0.15, 0.2) is 0 Å². The van der Waals surface area contributed by atoms with Gasteiger partial charge in [0.1, 0.15) is 5.69 Å². The lowest BCUT2D eigenvalue weighted by atomic mass is 10.3. The first kappa shape index (κ1) is 11.4. The van der Waals surface area contributed by atoms with Gasteiger partial charge in [-0.25, -0.2) is 4.98 Å². The molecule has 0 amide bonds. The van der Waals surface area contributed by atoms with E-state index in [0.717, 1.165) is 18.0 Å². The summed E-state index contributed by atoms with van der Waals surface area (Å²) in [5.41, 5.74) is 0.425. The van der Waals surface area contributed by atoms with E-state index in [1.165, 1.54) is 6.07 Å². The number of benzene rings is 1. The van der Waals surface area contributed by atoms with Gasteiger partial charge in [-0.3, -0.25) is 0 Å². The second-order valence-corrected chi connectivity index (χ2v) is 3.42. The number of nitrogens with zero attached hydrogens (tertiary/aromatic N) is 1. The Morgan fingerprint density at radius 1 is 0.882 bits per heavy atom. The maximum atomic E-state index is 12.3. The average Bonchev–Trinajstić information content (AvgIpc) is 2.30. The lowest BCUT2D eigenvalue weighted by Crippen LogP contribution is -2.07. The van der Waals surface area contributed by atoms with E-state index in [1.54, 1.807) is 0 Å². The minimum Gasteiger partial charge on any atom is -0.354 e. The smallest absolute Gasteiger partial charge is 0.354 e. The van der Waals surface area contributed by atoms with Crippen molar-refractivity contribution >= 4 is 11.4 Å². The Morgan fingerprint density at radius 3 is 2.12 bits per heavy atom. The molecule has 0 unspecified atom stereocenters. The van der Waals surface area contributed by atoms with Gasteiger partial charge in [0.25, 0.3) is 0 Å². The number of alkyl halides is 3. The van der Waals surface area contributed by atoms with Crippen LogP contribution in [0.4, 0.5) is 24.5 Å². The second kappa shape index (κ2) is 4.45. The fraction of sp³-hybridized carbons (Fsp3) is 0.0833. The number of rotatable bonds is 2. The number of hydrogen-bond acceptors (Lipinski definition) is 2. The van der Waals surface area contributed by atoms with E-state index < -0.39 is 11.9 Å². The van der Waals surface area contributed by atoms with Crippen LogP contribution in [-0.2, 0) is 6.18 Å². The first-order valence-corrected chi connectivity index (χ1v) is 4.91. The molecule has 17 heavy (non-hydrogen) atoms. The highest BCUT2D eigenvalue weighted by Crippen LogP contribution is 2.28. The van der Waals surface area contributed by atoms with Gasteiger partial charge < -0.3 is 5.32 Å². The van der Waals surface area contributed by atoms with Crippen LogP contribution in [-0.4, -0.2) is 4.98 Å². The highest BCUT2D eigenvalue weighted by molar-refractivity contribution is 5.58. The van der Waals surface area contributed by atoms with Crippen LogP contribution in [0.1, 0.15) is 5.69 Å². The Bertz CT molecular complexity index is 477. The zero-order chi connectivity index (χ0) is 12.3. The highest BCUT2D eigenvalue weighted by Gasteiger charge is 2.31. The maximum absolute atomic E-state index is 12.3. The number of anilines is 2. The van der Waals surface area contributed by atoms with Crippen molar-refractivity contribution in [1.82, 2.24) is 4.98 Å². The fourth-order valence-electron chi connectivity index (χ4n) is 1.32. The number of halogens is 3. The Morgan fingerprint density at radius 2 is 1.59 bits per heavy atom. The van der Waals surface area contributed by atoms with Gasteiger partial charge in [0, 0.05) is 5.69 Å². The van der Waals surface area contributed by atoms with Crippen LogP contribution in [0.2, 0.25) is 0 Å². The minimum atomic E-state index is -4.40. The Balaban J connectivity index is 2.14. The van der Waals surface area contributed by atoms with Gasteiger partial charge in [0.05, 0.1) is 11.9 Å². The van der Waals surface area contributed by atoms with Gasteiger partial charge in [-0.1, -0.05) is 18.2 Å². The van der Waals surface area contributed by atoms with Crippen LogP contribution < -0.4 is 5.32 Å². The van der Waals surface area contributed by atoms with Crippen molar-refractivity contribution in [2.75, 3.05) is 5.32 Å². The van der Waals surface area contributed by atoms with Crippen molar-refractivity contribution in [3.63, 3.8) is 0 Å². The standard InChI is InChI=1S/C12H9F3N2/c13-12(14,15)11-7-6-10(8-16-11)17-9-4-2-1-3-5-9/h1-8,17H. The van der Waals surface area contributed by atoms with Crippen molar-refractivity contribution in [2.24, 2.45) is 0 Å². The second-order valence-electron chi connectivity index (χ2n) is 3.42. The molecule has 0 atom stereocenters. The van der Waals surface area contributed by atoms with Crippen LogP contribution in [0.25, 0.3) is 0 Å². The molecule has 0 aliphatic heterocycles. The average molecular weight is 238 g/mol. The maximum Gasteiger partial charge on any atom is 0.433 e.